The number of hydrogen-bond acceptors (Lipinski definition) is 5. The van der Waals surface area contributed by atoms with E-state index < -0.39 is 0 Å². The maximum Gasteiger partial charge on any atom is 0.233 e. The Balaban J connectivity index is 1.66. The number of ketones is 1. The fourth-order valence-corrected chi connectivity index (χ4v) is 4.75. The Morgan fingerprint density at radius 2 is 1.76 bits per heavy atom. The molecule has 0 amide bonds. The van der Waals surface area contributed by atoms with E-state index in [9.17, 15) is 9.90 Å². The molecule has 0 saturated carbocycles. The first kappa shape index (κ1) is 17.7. The molecule has 2 heterocycles. The largest absolute Gasteiger partial charge is 0.508 e. The van der Waals surface area contributed by atoms with Crippen molar-refractivity contribution < 1.29 is 14.4 Å². The predicted molar refractivity (Wildman–Crippen MR) is 110 cm³/mol. The molecule has 5 rings (SSSR count). The smallest absolute Gasteiger partial charge is 0.233 e. The lowest BCUT2D eigenvalue weighted by Gasteiger charge is -2.35. The van der Waals surface area contributed by atoms with Crippen molar-refractivity contribution in [1.29, 1.82) is 0 Å². The molecule has 0 fully saturated rings. The van der Waals surface area contributed by atoms with Gasteiger partial charge in [-0.1, -0.05) is 47.6 Å². The number of allylic oxidation sites excluding steroid dienone is 2. The van der Waals surface area contributed by atoms with Gasteiger partial charge in [0.2, 0.25) is 5.88 Å². The van der Waals surface area contributed by atoms with Crippen molar-refractivity contribution in [2.45, 2.75) is 38.5 Å². The molecule has 0 spiro atoms. The first-order chi connectivity index (χ1) is 14.0. The predicted octanol–water partition coefficient (Wildman–Crippen LogP) is 4.96. The average molecular weight is 386 g/mol. The van der Waals surface area contributed by atoms with Gasteiger partial charge in [0.1, 0.15) is 5.75 Å². The first-order valence-corrected chi connectivity index (χ1v) is 9.87. The number of para-hydroxylation sites is 1. The fourth-order valence-electron chi connectivity index (χ4n) is 4.75. The van der Waals surface area contributed by atoms with Crippen LogP contribution in [0.4, 0.5) is 5.88 Å². The lowest BCUT2D eigenvalue weighted by atomic mass is 9.71. The number of benzene rings is 2. The number of hydrogen-bond donors (Lipinski definition) is 2. The molecule has 0 saturated heterocycles. The number of aromatic nitrogens is 1. The molecule has 1 aromatic heterocycles. The Morgan fingerprint density at radius 3 is 2.52 bits per heavy atom. The summed E-state index contributed by atoms with van der Waals surface area (Å²) in [5, 5.41) is 17.8. The molecule has 1 aliphatic heterocycles. The molecule has 2 aliphatic rings. The summed E-state index contributed by atoms with van der Waals surface area (Å²) in [5.41, 5.74) is 6.43. The standard InChI is InChI=1S/C24H22N2O3/c1-13-7-3-4-8-16(13)22-21-14(2)26-29-24(21)25-18-11-15(12-20(28)23(18)22)17-9-5-6-10-19(17)27/h3-10,15,22,25,27H,11-12H2,1-2H3/t15-,22+/m0/s1. The second-order valence-corrected chi connectivity index (χ2v) is 7.90. The number of nitrogens with one attached hydrogen (secondary N) is 1. The van der Waals surface area contributed by atoms with Crippen molar-refractivity contribution >= 4 is 11.7 Å². The van der Waals surface area contributed by atoms with E-state index in [2.05, 4.69) is 29.5 Å². The highest BCUT2D eigenvalue weighted by atomic mass is 16.5. The number of aryl methyl sites for hydroxylation is 2. The highest BCUT2D eigenvalue weighted by Gasteiger charge is 2.41. The summed E-state index contributed by atoms with van der Waals surface area (Å²) >= 11 is 0. The molecular weight excluding hydrogens is 364 g/mol. The molecule has 3 aromatic rings. The highest BCUT2D eigenvalue weighted by Crippen LogP contribution is 2.50. The molecule has 146 valence electrons. The Kier molecular flexibility index (Phi) is 4.05. The Labute approximate surface area is 169 Å². The monoisotopic (exact) mass is 386 g/mol. The van der Waals surface area contributed by atoms with Crippen LogP contribution in [-0.2, 0) is 4.79 Å². The van der Waals surface area contributed by atoms with Crippen LogP contribution in [0.2, 0.25) is 0 Å². The number of Topliss-reactive ketones (excluding diaryl/α,β-unsaturated/α-hetero) is 1. The molecule has 5 heteroatoms. The van der Waals surface area contributed by atoms with Gasteiger partial charge >= 0.3 is 0 Å². The lowest BCUT2D eigenvalue weighted by molar-refractivity contribution is -0.116. The van der Waals surface area contributed by atoms with Crippen LogP contribution >= 0.6 is 0 Å². The number of carbonyl (C=O) groups is 1. The summed E-state index contributed by atoms with van der Waals surface area (Å²) < 4.78 is 5.57. The van der Waals surface area contributed by atoms with Gasteiger partial charge in [0.25, 0.3) is 0 Å². The maximum absolute atomic E-state index is 13.4. The van der Waals surface area contributed by atoms with Gasteiger partial charge in [0.05, 0.1) is 11.3 Å². The van der Waals surface area contributed by atoms with Gasteiger partial charge in [-0.15, -0.1) is 0 Å². The maximum atomic E-state index is 13.4. The third-order valence-corrected chi connectivity index (χ3v) is 6.13. The first-order valence-electron chi connectivity index (χ1n) is 9.87. The topological polar surface area (TPSA) is 75.4 Å². The van der Waals surface area contributed by atoms with Gasteiger partial charge in [-0.2, -0.15) is 0 Å². The third kappa shape index (κ3) is 2.77. The minimum atomic E-state index is -0.188. The highest BCUT2D eigenvalue weighted by molar-refractivity contribution is 6.01. The van der Waals surface area contributed by atoms with E-state index in [0.29, 0.717) is 18.7 Å². The zero-order chi connectivity index (χ0) is 20.1. The Hall–Kier alpha value is -3.34. The summed E-state index contributed by atoms with van der Waals surface area (Å²) in [6.07, 6.45) is 1.01. The number of nitrogens with zero attached hydrogens (tertiary/aromatic N) is 1. The van der Waals surface area contributed by atoms with Gasteiger partial charge in [-0.3, -0.25) is 4.79 Å². The molecule has 2 atom stereocenters. The van der Waals surface area contributed by atoms with Crippen LogP contribution in [0.15, 0.2) is 64.3 Å². The molecule has 5 nitrogen and oxygen atoms in total. The van der Waals surface area contributed by atoms with Gasteiger partial charge < -0.3 is 14.9 Å². The van der Waals surface area contributed by atoms with Gasteiger partial charge in [0.15, 0.2) is 5.78 Å². The summed E-state index contributed by atoms with van der Waals surface area (Å²) in [6, 6.07) is 15.4. The van der Waals surface area contributed by atoms with Crippen LogP contribution in [0.3, 0.4) is 0 Å². The van der Waals surface area contributed by atoms with Crippen LogP contribution in [0.5, 0.6) is 5.75 Å². The van der Waals surface area contributed by atoms with Crippen molar-refractivity contribution in [3.05, 3.63) is 87.7 Å². The van der Waals surface area contributed by atoms with Crippen molar-refractivity contribution in [3.63, 3.8) is 0 Å². The number of fused-ring (bicyclic) bond motifs is 1. The average Bonchev–Trinajstić information content (AvgIpc) is 3.08. The quantitative estimate of drug-likeness (QED) is 0.651. The Morgan fingerprint density at radius 1 is 1.03 bits per heavy atom. The molecular formula is C24H22N2O3. The number of aromatic hydroxyl groups is 1. The van der Waals surface area contributed by atoms with E-state index in [4.69, 9.17) is 4.52 Å². The van der Waals surface area contributed by atoms with E-state index >= 15 is 0 Å². The number of carbonyl (C=O) groups excluding carboxylic acids is 1. The number of phenols is 1. The molecule has 0 radical (unpaired) electrons. The van der Waals surface area contributed by atoms with Gasteiger partial charge in [-0.05, 0) is 43.0 Å². The van der Waals surface area contributed by atoms with Crippen LogP contribution in [0, 0.1) is 13.8 Å². The van der Waals surface area contributed by atoms with Gasteiger partial charge in [-0.25, -0.2) is 0 Å². The number of rotatable bonds is 2. The Bertz CT molecular complexity index is 1160. The van der Waals surface area contributed by atoms with Crippen LogP contribution in [0.1, 0.15) is 52.6 Å². The molecule has 29 heavy (non-hydrogen) atoms. The SMILES string of the molecule is Cc1ccccc1[C@H]1C2=C(C[C@H](c3ccccc3O)CC2=O)Nc2onc(C)c21. The summed E-state index contributed by atoms with van der Waals surface area (Å²) in [6.45, 7) is 3.98. The zero-order valence-electron chi connectivity index (χ0n) is 16.4. The van der Waals surface area contributed by atoms with Crippen molar-refractivity contribution in [2.24, 2.45) is 0 Å². The molecule has 0 bridgehead atoms. The second kappa shape index (κ2) is 6.62. The van der Waals surface area contributed by atoms with Crippen molar-refractivity contribution in [1.82, 2.24) is 5.16 Å². The third-order valence-electron chi connectivity index (χ3n) is 6.13. The van der Waals surface area contributed by atoms with E-state index in [1.54, 1.807) is 12.1 Å². The van der Waals surface area contributed by atoms with Crippen LogP contribution in [0.25, 0.3) is 0 Å². The minimum absolute atomic E-state index is 0.0713. The number of phenolic OH excluding ortho intramolecular Hbond substituents is 1. The van der Waals surface area contributed by atoms with E-state index in [1.165, 1.54) is 0 Å². The lowest BCUT2D eigenvalue weighted by Crippen LogP contribution is -2.29. The molecule has 0 unspecified atom stereocenters. The molecule has 2 N–H and O–H groups in total. The summed E-state index contributed by atoms with van der Waals surface area (Å²) in [7, 11) is 0. The normalized spacial score (nSPS) is 20.8. The zero-order valence-corrected chi connectivity index (χ0v) is 16.4. The second-order valence-electron chi connectivity index (χ2n) is 7.90. The van der Waals surface area contributed by atoms with E-state index in [-0.39, 0.29) is 23.4 Å². The van der Waals surface area contributed by atoms with Crippen molar-refractivity contribution in [2.75, 3.05) is 5.32 Å². The van der Waals surface area contributed by atoms with Gasteiger partial charge in [0, 0.05) is 29.5 Å². The summed E-state index contributed by atoms with van der Waals surface area (Å²) in [5.74, 6) is 0.688. The number of anilines is 1. The van der Waals surface area contributed by atoms with Crippen LogP contribution < -0.4 is 5.32 Å². The van der Waals surface area contributed by atoms with E-state index in [0.717, 1.165) is 39.2 Å². The minimum Gasteiger partial charge on any atom is -0.508 e. The van der Waals surface area contributed by atoms with Crippen molar-refractivity contribution in [3.8, 4) is 5.75 Å². The summed E-state index contributed by atoms with van der Waals surface area (Å²) in [4.78, 5) is 13.4. The van der Waals surface area contributed by atoms with Crippen LogP contribution in [-0.4, -0.2) is 16.0 Å². The molecule has 1 aliphatic carbocycles. The molecule has 2 aromatic carbocycles. The fraction of sp³-hybridized carbons (Fsp3) is 0.250. The van der Waals surface area contributed by atoms with E-state index in [1.807, 2.05) is 31.2 Å².